The molecular formula is C27H27F3N6OS2. The number of piperazine rings is 1. The average molecular weight is 573 g/mol. The van der Waals surface area contributed by atoms with Crippen LogP contribution in [0.4, 0.5) is 30.5 Å². The van der Waals surface area contributed by atoms with Gasteiger partial charge in [0, 0.05) is 67.0 Å². The predicted molar refractivity (Wildman–Crippen MR) is 147 cm³/mol. The number of benzene rings is 1. The van der Waals surface area contributed by atoms with Gasteiger partial charge < -0.3 is 20.4 Å². The van der Waals surface area contributed by atoms with Crippen molar-refractivity contribution in [2.24, 2.45) is 0 Å². The lowest BCUT2D eigenvalue weighted by Crippen LogP contribution is -2.43. The number of thioether (sulfide) groups is 1. The van der Waals surface area contributed by atoms with Gasteiger partial charge in [0.1, 0.15) is 10.4 Å². The van der Waals surface area contributed by atoms with Crippen molar-refractivity contribution in [3.05, 3.63) is 46.5 Å². The lowest BCUT2D eigenvalue weighted by molar-refractivity contribution is -0.137. The maximum absolute atomic E-state index is 14.0. The van der Waals surface area contributed by atoms with E-state index in [1.165, 1.54) is 17.4 Å². The highest BCUT2D eigenvalue weighted by Gasteiger charge is 2.39. The zero-order valence-electron chi connectivity index (χ0n) is 21.2. The van der Waals surface area contributed by atoms with Gasteiger partial charge in [-0.05, 0) is 55.0 Å². The van der Waals surface area contributed by atoms with Crippen LogP contribution in [0, 0.1) is 0 Å². The Morgan fingerprint density at radius 1 is 1.21 bits per heavy atom. The molecule has 7 nitrogen and oxygen atoms in total. The summed E-state index contributed by atoms with van der Waals surface area (Å²) in [5.74, 6) is 1.04. The smallest absolute Gasteiger partial charge is 0.366 e. The molecule has 2 aromatic heterocycles. The fourth-order valence-electron chi connectivity index (χ4n) is 5.72. The summed E-state index contributed by atoms with van der Waals surface area (Å²) in [6.45, 7) is 2.58. The van der Waals surface area contributed by atoms with Gasteiger partial charge in [-0.3, -0.25) is 4.79 Å². The fourth-order valence-corrected chi connectivity index (χ4v) is 8.16. The average Bonchev–Trinajstić information content (AvgIpc) is 3.36. The van der Waals surface area contributed by atoms with Crippen LogP contribution in [0.1, 0.15) is 46.0 Å². The first-order chi connectivity index (χ1) is 18.7. The van der Waals surface area contributed by atoms with Crippen molar-refractivity contribution in [1.29, 1.82) is 0 Å². The molecular weight excluding hydrogens is 545 g/mol. The Hall–Kier alpha value is -2.83. The highest BCUT2D eigenvalue weighted by Crippen LogP contribution is 2.47. The van der Waals surface area contributed by atoms with E-state index < -0.39 is 11.7 Å². The number of anilines is 3. The molecule has 39 heavy (non-hydrogen) atoms. The summed E-state index contributed by atoms with van der Waals surface area (Å²) < 4.78 is 42.1. The van der Waals surface area contributed by atoms with E-state index in [9.17, 15) is 18.0 Å². The molecule has 1 aromatic carbocycles. The first kappa shape index (κ1) is 25.2. The predicted octanol–water partition coefficient (Wildman–Crippen LogP) is 5.57. The van der Waals surface area contributed by atoms with Crippen molar-refractivity contribution in [2.75, 3.05) is 42.7 Å². The molecule has 0 spiro atoms. The number of fused-ring (bicyclic) bond motifs is 3. The quantitative estimate of drug-likeness (QED) is 0.414. The largest absolute Gasteiger partial charge is 0.420 e. The first-order valence-corrected chi connectivity index (χ1v) is 14.9. The second-order valence-electron chi connectivity index (χ2n) is 10.7. The molecule has 2 N–H and O–H groups in total. The molecule has 2 bridgehead atoms. The maximum atomic E-state index is 14.0. The minimum absolute atomic E-state index is 0.108. The van der Waals surface area contributed by atoms with Crippen LogP contribution in [0.15, 0.2) is 35.4 Å². The molecule has 1 unspecified atom stereocenters. The van der Waals surface area contributed by atoms with Gasteiger partial charge in [-0.25, -0.2) is 9.97 Å². The summed E-state index contributed by atoms with van der Waals surface area (Å²) >= 11 is 2.54. The van der Waals surface area contributed by atoms with E-state index in [-0.39, 0.29) is 17.5 Å². The minimum Gasteiger partial charge on any atom is -0.366 e. The van der Waals surface area contributed by atoms with Crippen molar-refractivity contribution in [2.45, 2.75) is 48.3 Å². The van der Waals surface area contributed by atoms with Crippen LogP contribution in [0.25, 0.3) is 10.6 Å². The molecule has 2 saturated heterocycles. The van der Waals surface area contributed by atoms with Crippen molar-refractivity contribution >= 4 is 46.3 Å². The Labute approximate surface area is 232 Å². The number of halogens is 3. The Balaban J connectivity index is 1.23. The van der Waals surface area contributed by atoms with E-state index in [2.05, 4.69) is 37.6 Å². The number of hydrogen-bond acceptors (Lipinski definition) is 8. The summed E-state index contributed by atoms with van der Waals surface area (Å²) in [5.41, 5.74) is 2.05. The summed E-state index contributed by atoms with van der Waals surface area (Å²) in [7, 11) is 1.71. The number of thiophene rings is 1. The van der Waals surface area contributed by atoms with Crippen molar-refractivity contribution in [3.8, 4) is 10.6 Å². The SMILES string of the molecule is CN1CCSc2cc(-c3nc(Nc4ccc(N5CC6C[C@H]5CN6)cc4C4CC4)ncc3C(F)(F)F)sc2C1=O. The number of amides is 1. The number of aromatic nitrogens is 2. The lowest BCUT2D eigenvalue weighted by atomic mass is 10.1. The van der Waals surface area contributed by atoms with Gasteiger partial charge >= 0.3 is 6.18 Å². The first-order valence-electron chi connectivity index (χ1n) is 13.1. The van der Waals surface area contributed by atoms with Gasteiger partial charge in [-0.2, -0.15) is 13.2 Å². The molecule has 12 heteroatoms. The standard InChI is InChI=1S/C27H27F3N6OS2/c1-35-6-7-38-22-10-21(39-24(22)25(35)37)23-19(27(28,29)30)12-32-26(34-23)33-20-5-4-16(9-18(20)14-2-3-14)36-13-15-8-17(36)11-31-15/h4-5,9-10,12,14-15,17,31H,2-3,6-8,11,13H2,1H3,(H,32,33,34)/t15?,17-/m0/s1. The third-order valence-corrected chi connectivity index (χ3v) is 10.2. The maximum Gasteiger partial charge on any atom is 0.420 e. The number of carbonyl (C=O) groups excluding carboxylic acids is 1. The summed E-state index contributed by atoms with van der Waals surface area (Å²) in [6, 6.07) is 9.01. The van der Waals surface area contributed by atoms with Gasteiger partial charge in [0.2, 0.25) is 5.95 Å². The number of alkyl halides is 3. The van der Waals surface area contributed by atoms with Crippen LogP contribution < -0.4 is 15.5 Å². The molecule has 5 heterocycles. The van der Waals surface area contributed by atoms with Crippen LogP contribution >= 0.6 is 23.1 Å². The number of hydrogen-bond donors (Lipinski definition) is 2. The van der Waals surface area contributed by atoms with E-state index in [0.29, 0.717) is 44.9 Å². The van der Waals surface area contributed by atoms with E-state index in [1.807, 2.05) is 6.07 Å². The normalized spacial score (nSPS) is 22.8. The molecule has 2 atom stereocenters. The summed E-state index contributed by atoms with van der Waals surface area (Å²) in [6.07, 6.45) is -0.450. The Bertz CT molecular complexity index is 1460. The van der Waals surface area contributed by atoms with E-state index in [0.717, 1.165) is 61.1 Å². The lowest BCUT2D eigenvalue weighted by Gasteiger charge is -2.30. The fraction of sp³-hybridized carbons (Fsp3) is 0.444. The summed E-state index contributed by atoms with van der Waals surface area (Å²) in [5, 5.41) is 6.76. The van der Waals surface area contributed by atoms with Crippen molar-refractivity contribution < 1.29 is 18.0 Å². The molecule has 204 valence electrons. The number of carbonyl (C=O) groups is 1. The van der Waals surface area contributed by atoms with Crippen LogP contribution in [-0.4, -0.2) is 65.3 Å². The van der Waals surface area contributed by atoms with Crippen LogP contribution in [0.3, 0.4) is 0 Å². The Morgan fingerprint density at radius 2 is 2.05 bits per heavy atom. The van der Waals surface area contributed by atoms with E-state index >= 15 is 0 Å². The van der Waals surface area contributed by atoms with Gasteiger partial charge in [-0.1, -0.05) is 0 Å². The zero-order chi connectivity index (χ0) is 26.9. The Morgan fingerprint density at radius 3 is 2.77 bits per heavy atom. The van der Waals surface area contributed by atoms with Gasteiger partial charge in [-0.15, -0.1) is 23.1 Å². The van der Waals surface area contributed by atoms with Crippen LogP contribution in [0.2, 0.25) is 0 Å². The van der Waals surface area contributed by atoms with Gasteiger partial charge in [0.05, 0.1) is 10.6 Å². The molecule has 1 aliphatic carbocycles. The van der Waals surface area contributed by atoms with Crippen molar-refractivity contribution in [3.63, 3.8) is 0 Å². The molecule has 1 amide bonds. The molecule has 3 fully saturated rings. The van der Waals surface area contributed by atoms with E-state index in [4.69, 9.17) is 0 Å². The van der Waals surface area contributed by atoms with Crippen LogP contribution in [0.5, 0.6) is 0 Å². The highest BCUT2D eigenvalue weighted by atomic mass is 32.2. The molecule has 3 aliphatic heterocycles. The topological polar surface area (TPSA) is 73.4 Å². The minimum atomic E-state index is -4.63. The zero-order valence-corrected chi connectivity index (χ0v) is 22.8. The second kappa shape index (κ2) is 9.38. The van der Waals surface area contributed by atoms with Crippen molar-refractivity contribution in [1.82, 2.24) is 20.2 Å². The third kappa shape index (κ3) is 4.66. The second-order valence-corrected chi connectivity index (χ2v) is 12.8. The van der Waals surface area contributed by atoms with E-state index in [1.54, 1.807) is 18.0 Å². The highest BCUT2D eigenvalue weighted by molar-refractivity contribution is 7.99. The molecule has 4 aliphatic rings. The molecule has 7 rings (SSSR count). The third-order valence-electron chi connectivity index (χ3n) is 7.94. The molecule has 3 aromatic rings. The number of nitrogens with one attached hydrogen (secondary N) is 2. The monoisotopic (exact) mass is 572 g/mol. The summed E-state index contributed by atoms with van der Waals surface area (Å²) in [4.78, 5) is 26.8. The van der Waals surface area contributed by atoms with Crippen LogP contribution in [-0.2, 0) is 6.18 Å². The Kier molecular flexibility index (Phi) is 6.05. The molecule has 0 radical (unpaired) electrons. The number of nitrogens with zero attached hydrogens (tertiary/aromatic N) is 4. The molecule has 1 saturated carbocycles. The van der Waals surface area contributed by atoms with Gasteiger partial charge in [0.15, 0.2) is 0 Å². The number of rotatable bonds is 5. The van der Waals surface area contributed by atoms with Gasteiger partial charge in [0.25, 0.3) is 5.91 Å².